The molecule has 1 fully saturated rings. The monoisotopic (exact) mass is 474 g/mol. The smallest absolute Gasteiger partial charge is 0.310 e. The molecule has 0 radical (unpaired) electrons. The Balaban J connectivity index is 2.36. The quantitative estimate of drug-likeness (QED) is 0.231. The van der Waals surface area contributed by atoms with Gasteiger partial charge in [-0.25, -0.2) is 0 Å². The summed E-state index contributed by atoms with van der Waals surface area (Å²) in [5, 5.41) is 0. The predicted octanol–water partition coefficient (Wildman–Crippen LogP) is 3.93. The molecule has 0 aromatic heterocycles. The van der Waals surface area contributed by atoms with Crippen LogP contribution in [-0.4, -0.2) is 76.5 Å². The molecule has 1 aliphatic carbocycles. The molecule has 0 heterocycles. The highest BCUT2D eigenvalue weighted by molar-refractivity contribution is 5.82. The van der Waals surface area contributed by atoms with Crippen molar-refractivity contribution in [2.24, 2.45) is 11.8 Å². The van der Waals surface area contributed by atoms with Gasteiger partial charge in [0.2, 0.25) is 0 Å². The van der Waals surface area contributed by atoms with Crippen molar-refractivity contribution >= 4 is 11.9 Å². The standard InChI is InChI=1S/C25H46O8/c1-7-8-13-29-15-18(2)30-16-19(3)31-17-21(5)33-25(27)23-12-10-9-11-22(23)24(26)32-20(4)14-28-6/h18-23H,7-17H2,1-6H3. The Kier molecular flexibility index (Phi) is 15.6. The fourth-order valence-electron chi connectivity index (χ4n) is 3.76. The molecule has 8 nitrogen and oxygen atoms in total. The summed E-state index contributed by atoms with van der Waals surface area (Å²) < 4.78 is 33.2. The van der Waals surface area contributed by atoms with Crippen molar-refractivity contribution in [1.29, 1.82) is 0 Å². The Bertz CT molecular complexity index is 540. The van der Waals surface area contributed by atoms with Crippen LogP contribution in [0.15, 0.2) is 0 Å². The van der Waals surface area contributed by atoms with Gasteiger partial charge in [-0.2, -0.15) is 0 Å². The van der Waals surface area contributed by atoms with Crippen molar-refractivity contribution in [2.45, 2.75) is 97.6 Å². The zero-order valence-electron chi connectivity index (χ0n) is 21.5. The summed E-state index contributed by atoms with van der Waals surface area (Å²) in [5.74, 6) is -1.64. The van der Waals surface area contributed by atoms with Crippen LogP contribution >= 0.6 is 0 Å². The average molecular weight is 475 g/mol. The zero-order chi connectivity index (χ0) is 24.6. The molecule has 33 heavy (non-hydrogen) atoms. The van der Waals surface area contributed by atoms with Gasteiger partial charge in [0, 0.05) is 13.7 Å². The zero-order valence-corrected chi connectivity index (χ0v) is 21.5. The first-order chi connectivity index (χ1) is 15.8. The summed E-state index contributed by atoms with van der Waals surface area (Å²) in [7, 11) is 1.56. The van der Waals surface area contributed by atoms with E-state index in [9.17, 15) is 9.59 Å². The van der Waals surface area contributed by atoms with E-state index >= 15 is 0 Å². The van der Waals surface area contributed by atoms with Gasteiger partial charge in [-0.05, 0) is 47.0 Å². The van der Waals surface area contributed by atoms with Crippen molar-refractivity contribution in [2.75, 3.05) is 40.1 Å². The van der Waals surface area contributed by atoms with E-state index in [1.807, 2.05) is 13.8 Å². The lowest BCUT2D eigenvalue weighted by Gasteiger charge is -2.30. The number of hydrogen-bond donors (Lipinski definition) is 0. The molecular weight excluding hydrogens is 428 g/mol. The SMILES string of the molecule is CCCCOCC(C)OCC(C)OCC(C)OC(=O)C1CCCCC1C(=O)OC(C)COC. The van der Waals surface area contributed by atoms with Crippen LogP contribution in [-0.2, 0) is 38.0 Å². The second-order valence-corrected chi connectivity index (χ2v) is 9.16. The third-order valence-corrected chi connectivity index (χ3v) is 5.63. The van der Waals surface area contributed by atoms with Crippen LogP contribution in [0, 0.1) is 11.8 Å². The molecule has 194 valence electrons. The highest BCUT2D eigenvalue weighted by Gasteiger charge is 2.39. The molecule has 0 aliphatic heterocycles. The summed E-state index contributed by atoms with van der Waals surface area (Å²) >= 11 is 0. The van der Waals surface area contributed by atoms with Gasteiger partial charge in [-0.3, -0.25) is 9.59 Å². The van der Waals surface area contributed by atoms with Crippen molar-refractivity contribution in [3.8, 4) is 0 Å². The van der Waals surface area contributed by atoms with Crippen LogP contribution in [0.25, 0.3) is 0 Å². The fraction of sp³-hybridized carbons (Fsp3) is 0.920. The Labute approximate surface area is 199 Å². The van der Waals surface area contributed by atoms with E-state index < -0.39 is 17.9 Å². The highest BCUT2D eigenvalue weighted by atomic mass is 16.6. The van der Waals surface area contributed by atoms with Gasteiger partial charge in [0.15, 0.2) is 0 Å². The largest absolute Gasteiger partial charge is 0.460 e. The second-order valence-electron chi connectivity index (χ2n) is 9.16. The van der Waals surface area contributed by atoms with Crippen molar-refractivity contribution in [3.63, 3.8) is 0 Å². The second kappa shape index (κ2) is 17.2. The van der Waals surface area contributed by atoms with Gasteiger partial charge < -0.3 is 28.4 Å². The first-order valence-corrected chi connectivity index (χ1v) is 12.5. The van der Waals surface area contributed by atoms with Gasteiger partial charge in [0.1, 0.15) is 12.2 Å². The maximum atomic E-state index is 12.8. The topological polar surface area (TPSA) is 89.5 Å². The molecule has 0 spiro atoms. The van der Waals surface area contributed by atoms with Crippen LogP contribution < -0.4 is 0 Å². The molecule has 0 bridgehead atoms. The molecule has 0 aromatic carbocycles. The van der Waals surface area contributed by atoms with Gasteiger partial charge in [0.25, 0.3) is 0 Å². The molecular formula is C25H46O8. The number of hydrogen-bond acceptors (Lipinski definition) is 8. The van der Waals surface area contributed by atoms with Crippen LogP contribution in [0.1, 0.15) is 73.1 Å². The lowest BCUT2D eigenvalue weighted by atomic mass is 9.79. The van der Waals surface area contributed by atoms with Gasteiger partial charge in [-0.1, -0.05) is 26.2 Å². The van der Waals surface area contributed by atoms with Gasteiger partial charge in [-0.15, -0.1) is 0 Å². The number of ether oxygens (including phenoxy) is 6. The number of unbranched alkanes of at least 4 members (excludes halogenated alkanes) is 1. The Hall–Kier alpha value is -1.22. The van der Waals surface area contributed by atoms with Crippen LogP contribution in [0.5, 0.6) is 0 Å². The lowest BCUT2D eigenvalue weighted by Crippen LogP contribution is -2.38. The number of methoxy groups -OCH3 is 1. The minimum absolute atomic E-state index is 0.00208. The summed E-state index contributed by atoms with van der Waals surface area (Å²) in [5.41, 5.74) is 0. The Morgan fingerprint density at radius 1 is 0.758 bits per heavy atom. The van der Waals surface area contributed by atoms with Crippen LogP contribution in [0.4, 0.5) is 0 Å². The van der Waals surface area contributed by atoms with E-state index in [0.717, 1.165) is 32.3 Å². The molecule has 1 rings (SSSR count). The summed E-state index contributed by atoms with van der Waals surface area (Å²) in [6, 6.07) is 0. The first kappa shape index (κ1) is 29.8. The molecule has 1 saturated carbocycles. The number of carbonyl (C=O) groups is 2. The Morgan fingerprint density at radius 3 is 1.76 bits per heavy atom. The fourth-order valence-corrected chi connectivity index (χ4v) is 3.76. The molecule has 0 aromatic rings. The van der Waals surface area contributed by atoms with Crippen molar-refractivity contribution in [3.05, 3.63) is 0 Å². The van der Waals surface area contributed by atoms with E-state index in [-0.39, 0.29) is 36.9 Å². The van der Waals surface area contributed by atoms with E-state index in [1.54, 1.807) is 21.0 Å². The third-order valence-electron chi connectivity index (χ3n) is 5.63. The third kappa shape index (κ3) is 12.7. The first-order valence-electron chi connectivity index (χ1n) is 12.5. The summed E-state index contributed by atoms with van der Waals surface area (Å²) in [6.07, 6.45) is 4.34. The maximum absolute atomic E-state index is 12.8. The number of esters is 2. The van der Waals surface area contributed by atoms with Crippen molar-refractivity contribution < 1.29 is 38.0 Å². The van der Waals surface area contributed by atoms with E-state index in [2.05, 4.69) is 6.92 Å². The maximum Gasteiger partial charge on any atom is 0.310 e. The number of rotatable bonds is 17. The minimum Gasteiger partial charge on any atom is -0.460 e. The molecule has 0 N–H and O–H groups in total. The van der Waals surface area contributed by atoms with E-state index in [1.165, 1.54) is 0 Å². The highest BCUT2D eigenvalue weighted by Crippen LogP contribution is 2.32. The summed E-state index contributed by atoms with van der Waals surface area (Å²) in [6.45, 7) is 12.0. The van der Waals surface area contributed by atoms with Crippen LogP contribution in [0.2, 0.25) is 0 Å². The van der Waals surface area contributed by atoms with E-state index in [0.29, 0.717) is 32.7 Å². The molecule has 1 aliphatic rings. The molecule has 0 amide bonds. The van der Waals surface area contributed by atoms with E-state index in [4.69, 9.17) is 28.4 Å². The van der Waals surface area contributed by atoms with Crippen LogP contribution in [0.3, 0.4) is 0 Å². The number of carbonyl (C=O) groups excluding carboxylic acids is 2. The predicted molar refractivity (Wildman–Crippen MR) is 125 cm³/mol. The van der Waals surface area contributed by atoms with Gasteiger partial charge >= 0.3 is 11.9 Å². The molecule has 8 heteroatoms. The average Bonchev–Trinajstić information content (AvgIpc) is 2.79. The molecule has 6 unspecified atom stereocenters. The Morgan fingerprint density at radius 2 is 1.24 bits per heavy atom. The molecule has 6 atom stereocenters. The lowest BCUT2D eigenvalue weighted by molar-refractivity contribution is -0.171. The van der Waals surface area contributed by atoms with Crippen molar-refractivity contribution in [1.82, 2.24) is 0 Å². The van der Waals surface area contributed by atoms with Gasteiger partial charge in [0.05, 0.1) is 50.5 Å². The normalized spacial score (nSPS) is 22.2. The molecule has 0 saturated heterocycles. The summed E-state index contributed by atoms with van der Waals surface area (Å²) in [4.78, 5) is 25.4. The minimum atomic E-state index is -0.474.